The van der Waals surface area contributed by atoms with Crippen molar-refractivity contribution in [1.29, 1.82) is 0 Å². The molecule has 4 rings (SSSR count). The van der Waals surface area contributed by atoms with Crippen LogP contribution in [0.5, 0.6) is 0 Å². The van der Waals surface area contributed by atoms with Crippen LogP contribution in [0.1, 0.15) is 56.6 Å². The van der Waals surface area contributed by atoms with Crippen LogP contribution in [0, 0.1) is 0 Å². The number of likely N-dealkylation sites (tertiary alicyclic amines) is 1. The highest BCUT2D eigenvalue weighted by Crippen LogP contribution is 2.26. The van der Waals surface area contributed by atoms with E-state index in [0.717, 1.165) is 23.0 Å². The van der Waals surface area contributed by atoms with Crippen molar-refractivity contribution in [3.05, 3.63) is 54.1 Å². The highest BCUT2D eigenvalue weighted by Gasteiger charge is 2.32. The summed E-state index contributed by atoms with van der Waals surface area (Å²) in [5, 5.41) is 12.4. The Labute approximate surface area is 212 Å². The lowest BCUT2D eigenvalue weighted by Crippen LogP contribution is -2.36. The summed E-state index contributed by atoms with van der Waals surface area (Å²) < 4.78 is 26.5. The lowest BCUT2D eigenvalue weighted by molar-refractivity contribution is -0.0504. The average Bonchev–Trinajstić information content (AvgIpc) is 3.31. The quantitative estimate of drug-likeness (QED) is 0.172. The number of halogens is 2. The molecular formula is C24H36F2N6O2S. The van der Waals surface area contributed by atoms with Gasteiger partial charge in [0.25, 0.3) is 5.92 Å². The third-order valence-corrected chi connectivity index (χ3v) is 4.80. The van der Waals surface area contributed by atoms with Crippen LogP contribution in [0.15, 0.2) is 48.0 Å². The molecule has 0 atom stereocenters. The first-order valence-corrected chi connectivity index (χ1v) is 11.3. The molecule has 0 aromatic carbocycles. The number of aromatic nitrogens is 3. The van der Waals surface area contributed by atoms with E-state index in [1.807, 2.05) is 56.5 Å². The maximum Gasteiger partial charge on any atom is 0.250 e. The number of nitrogens with two attached hydrogens (primary N) is 1. The molecule has 0 radical (unpaired) electrons. The molecule has 1 aliphatic heterocycles. The van der Waals surface area contributed by atoms with Gasteiger partial charge in [-0.2, -0.15) is 13.5 Å². The molecule has 3 N–H and O–H groups in total. The highest BCUT2D eigenvalue weighted by atomic mass is 32.1. The van der Waals surface area contributed by atoms with Crippen molar-refractivity contribution in [3.8, 4) is 5.69 Å². The standard InChI is InChI=1S/C14H11N5O2.C6H11F2N.2C2H6.H2S/c15-13(18-21)12-2-1-11(7-16-12)19-4-3-10-5-9(8-20)6-17-14(10)19;1-9-4-2-6(7,8)3-5-9;2*1-2;/h1-8,21H,(H2,15,18);2-5H2,1H3;2*1-2H3;1H2. The fourth-order valence-electron chi connectivity index (χ4n) is 2.99. The highest BCUT2D eigenvalue weighted by molar-refractivity contribution is 7.59. The fourth-order valence-corrected chi connectivity index (χ4v) is 2.99. The summed E-state index contributed by atoms with van der Waals surface area (Å²) in [6.07, 6.45) is 5.78. The number of rotatable bonds is 3. The molecule has 194 valence electrons. The van der Waals surface area contributed by atoms with E-state index >= 15 is 0 Å². The number of piperidine rings is 1. The van der Waals surface area contributed by atoms with E-state index < -0.39 is 5.92 Å². The molecule has 1 fully saturated rings. The number of carbonyl (C=O) groups excluding carboxylic acids is 1. The molecular weight excluding hydrogens is 474 g/mol. The predicted octanol–water partition coefficient (Wildman–Crippen LogP) is 4.84. The number of hydrogen-bond acceptors (Lipinski definition) is 6. The monoisotopic (exact) mass is 510 g/mol. The smallest absolute Gasteiger partial charge is 0.250 e. The van der Waals surface area contributed by atoms with E-state index in [2.05, 4.69) is 15.1 Å². The van der Waals surface area contributed by atoms with Gasteiger partial charge in [-0.15, -0.1) is 0 Å². The Hall–Kier alpha value is -3.05. The second-order valence-electron chi connectivity index (χ2n) is 7.03. The first kappa shape index (κ1) is 31.9. The molecule has 0 amide bonds. The second kappa shape index (κ2) is 15.8. The minimum Gasteiger partial charge on any atom is -0.409 e. The summed E-state index contributed by atoms with van der Waals surface area (Å²) >= 11 is 0. The van der Waals surface area contributed by atoms with Crippen LogP contribution in [-0.4, -0.2) is 62.8 Å². The van der Waals surface area contributed by atoms with E-state index in [-0.39, 0.29) is 32.2 Å². The van der Waals surface area contributed by atoms with Crippen molar-refractivity contribution in [2.75, 3.05) is 20.1 Å². The summed E-state index contributed by atoms with van der Waals surface area (Å²) in [4.78, 5) is 21.1. The van der Waals surface area contributed by atoms with Crippen molar-refractivity contribution in [3.63, 3.8) is 0 Å². The first-order valence-electron chi connectivity index (χ1n) is 11.3. The van der Waals surface area contributed by atoms with Gasteiger partial charge in [0, 0.05) is 49.3 Å². The number of fused-ring (bicyclic) bond motifs is 1. The Morgan fingerprint density at radius 3 is 2.23 bits per heavy atom. The molecule has 0 bridgehead atoms. The lowest BCUT2D eigenvalue weighted by atomic mass is 10.1. The SMILES string of the molecule is CC.CC.CN1CCC(F)(F)CC1.N/C(=N\O)c1ccc(-n2ccc3cc(C=O)cnc32)cn1.S. The van der Waals surface area contributed by atoms with Gasteiger partial charge in [0.05, 0.1) is 11.9 Å². The van der Waals surface area contributed by atoms with Crippen LogP contribution in [0.3, 0.4) is 0 Å². The van der Waals surface area contributed by atoms with Crippen molar-refractivity contribution >= 4 is 36.7 Å². The Kier molecular flexibility index (Phi) is 14.4. The average molecular weight is 511 g/mol. The molecule has 0 unspecified atom stereocenters. The molecule has 11 heteroatoms. The molecule has 35 heavy (non-hydrogen) atoms. The largest absolute Gasteiger partial charge is 0.409 e. The lowest BCUT2D eigenvalue weighted by Gasteiger charge is -2.28. The number of nitrogens with zero attached hydrogens (tertiary/aromatic N) is 5. The number of carbonyl (C=O) groups is 1. The zero-order valence-electron chi connectivity index (χ0n) is 20.9. The Morgan fingerprint density at radius 1 is 1.11 bits per heavy atom. The van der Waals surface area contributed by atoms with E-state index in [0.29, 0.717) is 24.3 Å². The van der Waals surface area contributed by atoms with E-state index in [1.165, 1.54) is 6.20 Å². The van der Waals surface area contributed by atoms with Gasteiger partial charge in [-0.1, -0.05) is 32.9 Å². The maximum absolute atomic E-state index is 12.4. The van der Waals surface area contributed by atoms with Crippen LogP contribution >= 0.6 is 13.5 Å². The summed E-state index contributed by atoms with van der Waals surface area (Å²) in [6, 6.07) is 7.07. The minimum absolute atomic E-state index is 0. The van der Waals surface area contributed by atoms with Gasteiger partial charge in [-0.05, 0) is 31.3 Å². The normalized spacial score (nSPS) is 14.7. The van der Waals surface area contributed by atoms with Crippen molar-refractivity contribution in [2.45, 2.75) is 46.5 Å². The van der Waals surface area contributed by atoms with Crippen LogP contribution in [0.2, 0.25) is 0 Å². The third-order valence-electron chi connectivity index (χ3n) is 4.80. The van der Waals surface area contributed by atoms with Crippen LogP contribution < -0.4 is 5.73 Å². The third kappa shape index (κ3) is 9.25. The molecule has 0 spiro atoms. The van der Waals surface area contributed by atoms with Gasteiger partial charge in [0.15, 0.2) is 12.1 Å². The van der Waals surface area contributed by atoms with Crippen LogP contribution in [0.4, 0.5) is 8.78 Å². The van der Waals surface area contributed by atoms with Gasteiger partial charge >= 0.3 is 0 Å². The molecule has 0 aliphatic carbocycles. The zero-order valence-corrected chi connectivity index (χ0v) is 21.9. The number of aldehydes is 1. The van der Waals surface area contributed by atoms with Crippen molar-refractivity contribution < 1.29 is 18.8 Å². The number of pyridine rings is 2. The van der Waals surface area contributed by atoms with Crippen LogP contribution in [-0.2, 0) is 0 Å². The Bertz CT molecular complexity index is 1050. The molecule has 1 aliphatic rings. The molecule has 4 heterocycles. The maximum atomic E-state index is 12.4. The molecule has 3 aromatic heterocycles. The topological polar surface area (TPSA) is 110 Å². The van der Waals surface area contributed by atoms with Gasteiger partial charge in [-0.3, -0.25) is 14.3 Å². The molecule has 3 aromatic rings. The van der Waals surface area contributed by atoms with E-state index in [9.17, 15) is 13.6 Å². The van der Waals surface area contributed by atoms with Gasteiger partial charge in [-0.25, -0.2) is 13.8 Å². The number of alkyl halides is 2. The fraction of sp³-hybridized carbons (Fsp3) is 0.417. The second-order valence-corrected chi connectivity index (χ2v) is 7.03. The Morgan fingerprint density at radius 2 is 1.74 bits per heavy atom. The van der Waals surface area contributed by atoms with Gasteiger partial charge < -0.3 is 15.8 Å². The number of amidine groups is 1. The minimum atomic E-state index is -2.38. The van der Waals surface area contributed by atoms with Crippen LogP contribution in [0.25, 0.3) is 16.7 Å². The summed E-state index contributed by atoms with van der Waals surface area (Å²) in [5.41, 5.74) is 7.89. The number of oxime groups is 1. The molecule has 1 saturated heterocycles. The van der Waals surface area contributed by atoms with Gasteiger partial charge in [0.1, 0.15) is 11.3 Å². The summed E-state index contributed by atoms with van der Waals surface area (Å²) in [7, 11) is 1.87. The number of hydrogen-bond donors (Lipinski definition) is 2. The van der Waals surface area contributed by atoms with E-state index in [1.54, 1.807) is 24.4 Å². The van der Waals surface area contributed by atoms with E-state index in [4.69, 9.17) is 10.9 Å². The zero-order chi connectivity index (χ0) is 25.7. The van der Waals surface area contributed by atoms with Crippen molar-refractivity contribution in [2.24, 2.45) is 10.9 Å². The first-order chi connectivity index (χ1) is 16.3. The van der Waals surface area contributed by atoms with Gasteiger partial charge in [0.2, 0.25) is 0 Å². The molecule has 0 saturated carbocycles. The summed E-state index contributed by atoms with van der Waals surface area (Å²) in [5.74, 6) is -2.43. The van der Waals surface area contributed by atoms with Crippen molar-refractivity contribution in [1.82, 2.24) is 19.4 Å². The predicted molar refractivity (Wildman–Crippen MR) is 142 cm³/mol. The summed E-state index contributed by atoms with van der Waals surface area (Å²) in [6.45, 7) is 9.07. The molecule has 8 nitrogen and oxygen atoms in total. The Balaban J connectivity index is 0.000000697.